The summed E-state index contributed by atoms with van der Waals surface area (Å²) in [5.41, 5.74) is 4.85. The molecule has 158 valence electrons. The third-order valence-corrected chi connectivity index (χ3v) is 6.54. The Hall–Kier alpha value is -2.44. The van der Waals surface area contributed by atoms with Crippen molar-refractivity contribution < 1.29 is 0 Å². The molecule has 1 fully saturated rings. The van der Waals surface area contributed by atoms with Gasteiger partial charge in [-0.2, -0.15) is 0 Å². The van der Waals surface area contributed by atoms with E-state index < -0.39 is 0 Å². The average molecular weight is 405 g/mol. The second kappa shape index (κ2) is 8.36. The van der Waals surface area contributed by atoms with Crippen LogP contribution in [0.2, 0.25) is 0 Å². The Morgan fingerprint density at radius 3 is 2.87 bits per heavy atom. The van der Waals surface area contributed by atoms with Crippen molar-refractivity contribution in [3.63, 3.8) is 0 Å². The van der Waals surface area contributed by atoms with Gasteiger partial charge in [-0.1, -0.05) is 12.1 Å². The van der Waals surface area contributed by atoms with E-state index in [1.54, 1.807) is 0 Å². The SMILES string of the molecule is CC(C)N(Cc1cn2c(N3CCNCC3)cccc2n1)C1CCCc2cccnc21. The molecule has 1 saturated heterocycles. The molecule has 0 amide bonds. The first-order valence-corrected chi connectivity index (χ1v) is 11.3. The number of nitrogens with one attached hydrogen (secondary N) is 1. The second-order valence-corrected chi connectivity index (χ2v) is 8.80. The lowest BCUT2D eigenvalue weighted by Crippen LogP contribution is -2.44. The number of piperazine rings is 1. The fourth-order valence-electron chi connectivity index (χ4n) is 5.02. The summed E-state index contributed by atoms with van der Waals surface area (Å²) in [6, 6.07) is 11.6. The molecule has 0 spiro atoms. The van der Waals surface area contributed by atoms with Gasteiger partial charge in [-0.15, -0.1) is 0 Å². The van der Waals surface area contributed by atoms with E-state index in [4.69, 9.17) is 9.97 Å². The van der Waals surface area contributed by atoms with Crippen LogP contribution in [-0.4, -0.2) is 51.5 Å². The van der Waals surface area contributed by atoms with Crippen LogP contribution in [0.3, 0.4) is 0 Å². The molecule has 6 heteroatoms. The van der Waals surface area contributed by atoms with Gasteiger partial charge < -0.3 is 10.2 Å². The fraction of sp³-hybridized carbons (Fsp3) is 0.500. The Labute approximate surface area is 178 Å². The number of pyridine rings is 2. The quantitative estimate of drug-likeness (QED) is 0.706. The van der Waals surface area contributed by atoms with Crippen LogP contribution in [0, 0.1) is 0 Å². The Balaban J connectivity index is 1.45. The molecule has 3 aromatic rings. The molecule has 3 aromatic heterocycles. The molecule has 6 nitrogen and oxygen atoms in total. The van der Waals surface area contributed by atoms with Crippen LogP contribution in [0.15, 0.2) is 42.7 Å². The number of anilines is 1. The molecule has 1 aliphatic carbocycles. The van der Waals surface area contributed by atoms with Gasteiger partial charge in [0.2, 0.25) is 0 Å². The second-order valence-electron chi connectivity index (χ2n) is 8.80. The lowest BCUT2D eigenvalue weighted by molar-refractivity contribution is 0.124. The molecule has 2 aliphatic rings. The number of fused-ring (bicyclic) bond motifs is 2. The lowest BCUT2D eigenvalue weighted by Gasteiger charge is -2.37. The van der Waals surface area contributed by atoms with Crippen LogP contribution in [-0.2, 0) is 13.0 Å². The summed E-state index contributed by atoms with van der Waals surface area (Å²) < 4.78 is 2.27. The number of nitrogens with zero attached hydrogens (tertiary/aromatic N) is 5. The highest BCUT2D eigenvalue weighted by Gasteiger charge is 2.29. The van der Waals surface area contributed by atoms with Gasteiger partial charge in [-0.25, -0.2) is 4.98 Å². The molecular weight excluding hydrogens is 372 g/mol. The largest absolute Gasteiger partial charge is 0.355 e. The highest BCUT2D eigenvalue weighted by molar-refractivity contribution is 5.53. The molecule has 1 aliphatic heterocycles. The van der Waals surface area contributed by atoms with Gasteiger partial charge in [-0.3, -0.25) is 14.3 Å². The molecule has 0 aromatic carbocycles. The minimum Gasteiger partial charge on any atom is -0.355 e. The Morgan fingerprint density at radius 1 is 1.17 bits per heavy atom. The molecule has 5 rings (SSSR count). The number of aryl methyl sites for hydroxylation is 1. The summed E-state index contributed by atoms with van der Waals surface area (Å²) in [6.45, 7) is 9.57. The Bertz CT molecular complexity index is 1000. The summed E-state index contributed by atoms with van der Waals surface area (Å²) in [4.78, 5) is 14.8. The molecular formula is C24H32N6. The molecule has 0 radical (unpaired) electrons. The predicted molar refractivity (Wildman–Crippen MR) is 121 cm³/mol. The summed E-state index contributed by atoms with van der Waals surface area (Å²) >= 11 is 0. The zero-order valence-electron chi connectivity index (χ0n) is 18.1. The van der Waals surface area contributed by atoms with E-state index in [0.717, 1.165) is 50.5 Å². The van der Waals surface area contributed by atoms with E-state index in [2.05, 4.69) is 69.9 Å². The average Bonchev–Trinajstić information content (AvgIpc) is 3.20. The van der Waals surface area contributed by atoms with E-state index in [9.17, 15) is 0 Å². The Morgan fingerprint density at radius 2 is 2.03 bits per heavy atom. The molecule has 1 unspecified atom stereocenters. The summed E-state index contributed by atoms with van der Waals surface area (Å²) in [5, 5.41) is 3.44. The maximum atomic E-state index is 5.00. The van der Waals surface area contributed by atoms with Crippen molar-refractivity contribution >= 4 is 11.5 Å². The highest BCUT2D eigenvalue weighted by atomic mass is 15.3. The van der Waals surface area contributed by atoms with Crippen LogP contribution in [0.4, 0.5) is 5.82 Å². The maximum absolute atomic E-state index is 5.00. The van der Waals surface area contributed by atoms with Crippen LogP contribution in [0.1, 0.15) is 49.7 Å². The standard InChI is InChI=1S/C24H32N6/c1-18(2)29(21-8-3-6-19-7-5-11-26-24(19)21)16-20-17-30-22(27-20)9-4-10-23(30)28-14-12-25-13-15-28/h4-5,7,9-11,17-18,21,25H,3,6,8,12-16H2,1-2H3. The van der Waals surface area contributed by atoms with Crippen molar-refractivity contribution in [1.29, 1.82) is 0 Å². The van der Waals surface area contributed by atoms with Crippen molar-refractivity contribution in [3.8, 4) is 0 Å². The molecule has 30 heavy (non-hydrogen) atoms. The van der Waals surface area contributed by atoms with E-state index in [1.165, 1.54) is 29.9 Å². The first-order valence-electron chi connectivity index (χ1n) is 11.3. The first-order chi connectivity index (χ1) is 14.7. The van der Waals surface area contributed by atoms with Gasteiger partial charge in [0.15, 0.2) is 0 Å². The van der Waals surface area contributed by atoms with Crippen LogP contribution >= 0.6 is 0 Å². The van der Waals surface area contributed by atoms with Gasteiger partial charge in [0.1, 0.15) is 11.5 Å². The smallest absolute Gasteiger partial charge is 0.138 e. The van der Waals surface area contributed by atoms with Crippen molar-refractivity contribution in [2.75, 3.05) is 31.1 Å². The van der Waals surface area contributed by atoms with Gasteiger partial charge in [-0.05, 0) is 56.9 Å². The van der Waals surface area contributed by atoms with Gasteiger partial charge in [0.05, 0.1) is 17.4 Å². The first kappa shape index (κ1) is 19.5. The predicted octanol–water partition coefficient (Wildman–Crippen LogP) is 3.43. The molecule has 1 atom stereocenters. The van der Waals surface area contributed by atoms with E-state index in [-0.39, 0.29) is 0 Å². The van der Waals surface area contributed by atoms with Gasteiger partial charge >= 0.3 is 0 Å². The van der Waals surface area contributed by atoms with E-state index in [1.807, 2.05) is 6.20 Å². The minimum atomic E-state index is 0.368. The minimum absolute atomic E-state index is 0.368. The van der Waals surface area contributed by atoms with Crippen LogP contribution in [0.25, 0.3) is 5.65 Å². The van der Waals surface area contributed by atoms with Crippen molar-refractivity contribution in [2.45, 2.75) is 51.7 Å². The maximum Gasteiger partial charge on any atom is 0.138 e. The molecule has 0 saturated carbocycles. The van der Waals surface area contributed by atoms with Crippen molar-refractivity contribution in [1.82, 2.24) is 24.6 Å². The number of imidazole rings is 1. The zero-order valence-corrected chi connectivity index (χ0v) is 18.1. The third-order valence-electron chi connectivity index (χ3n) is 6.54. The summed E-state index contributed by atoms with van der Waals surface area (Å²) in [7, 11) is 0. The molecule has 4 heterocycles. The highest BCUT2D eigenvalue weighted by Crippen LogP contribution is 2.35. The van der Waals surface area contributed by atoms with Crippen molar-refractivity contribution in [2.24, 2.45) is 0 Å². The fourth-order valence-corrected chi connectivity index (χ4v) is 5.02. The normalized spacial score (nSPS) is 19.6. The number of hydrogen-bond donors (Lipinski definition) is 1. The molecule has 1 N–H and O–H groups in total. The number of hydrogen-bond acceptors (Lipinski definition) is 5. The van der Waals surface area contributed by atoms with E-state index in [0.29, 0.717) is 12.1 Å². The third kappa shape index (κ3) is 3.70. The molecule has 0 bridgehead atoms. The summed E-state index contributed by atoms with van der Waals surface area (Å²) in [6.07, 6.45) is 7.73. The number of aromatic nitrogens is 3. The van der Waals surface area contributed by atoms with Crippen LogP contribution < -0.4 is 10.2 Å². The zero-order chi connectivity index (χ0) is 20.5. The lowest BCUT2D eigenvalue weighted by atomic mass is 9.90. The van der Waals surface area contributed by atoms with Crippen molar-refractivity contribution in [3.05, 3.63) is 59.7 Å². The van der Waals surface area contributed by atoms with Gasteiger partial charge in [0, 0.05) is 51.2 Å². The Kier molecular flexibility index (Phi) is 5.44. The monoisotopic (exact) mass is 404 g/mol. The number of rotatable bonds is 5. The van der Waals surface area contributed by atoms with Gasteiger partial charge in [0.25, 0.3) is 0 Å². The summed E-state index contributed by atoms with van der Waals surface area (Å²) in [5.74, 6) is 1.24. The van der Waals surface area contributed by atoms with Crippen LogP contribution in [0.5, 0.6) is 0 Å². The topological polar surface area (TPSA) is 48.7 Å². The van der Waals surface area contributed by atoms with E-state index >= 15 is 0 Å².